The molecular weight excluding hydrogens is 284 g/mol. The third kappa shape index (κ3) is 3.30. The molecule has 2 aromatic rings. The Morgan fingerprint density at radius 1 is 1.14 bits per heavy atom. The van der Waals surface area contributed by atoms with E-state index in [-0.39, 0.29) is 4.90 Å². The van der Waals surface area contributed by atoms with Crippen molar-refractivity contribution in [3.8, 4) is 6.07 Å². The average Bonchev–Trinajstić information content (AvgIpc) is 2.48. The molecule has 0 saturated heterocycles. The van der Waals surface area contributed by atoms with Gasteiger partial charge in [-0.15, -0.1) is 0 Å². The average molecular weight is 300 g/mol. The first kappa shape index (κ1) is 15.2. The second-order valence-corrected chi connectivity index (χ2v) is 6.88. The van der Waals surface area contributed by atoms with E-state index in [1.54, 1.807) is 20.0 Å². The summed E-state index contributed by atoms with van der Waals surface area (Å²) >= 11 is 0. The molecule has 0 aliphatic carbocycles. The number of benzene rings is 2. The van der Waals surface area contributed by atoms with Gasteiger partial charge in [0, 0.05) is 13.6 Å². The molecule has 0 aliphatic rings. The monoisotopic (exact) mass is 300 g/mol. The minimum atomic E-state index is -3.56. The van der Waals surface area contributed by atoms with Crippen molar-refractivity contribution in [2.24, 2.45) is 0 Å². The molecule has 0 bridgehead atoms. The Morgan fingerprint density at radius 2 is 1.81 bits per heavy atom. The van der Waals surface area contributed by atoms with E-state index in [4.69, 9.17) is 5.26 Å². The predicted molar refractivity (Wildman–Crippen MR) is 81.0 cm³/mol. The first-order valence-electron chi connectivity index (χ1n) is 6.46. The van der Waals surface area contributed by atoms with Crippen LogP contribution in [0.15, 0.2) is 53.4 Å². The summed E-state index contributed by atoms with van der Waals surface area (Å²) in [4.78, 5) is 0.206. The molecule has 0 radical (unpaired) electrons. The van der Waals surface area contributed by atoms with Crippen LogP contribution in [0.3, 0.4) is 0 Å². The Bertz CT molecular complexity index is 778. The fraction of sp³-hybridized carbons (Fsp3) is 0.188. The van der Waals surface area contributed by atoms with E-state index in [1.807, 2.05) is 36.4 Å². The maximum absolute atomic E-state index is 12.5. The second kappa shape index (κ2) is 6.08. The van der Waals surface area contributed by atoms with Crippen LogP contribution in [-0.4, -0.2) is 19.8 Å². The Labute approximate surface area is 125 Å². The zero-order chi connectivity index (χ0) is 15.5. The number of hydrogen-bond donors (Lipinski definition) is 0. The van der Waals surface area contributed by atoms with Crippen molar-refractivity contribution in [3.63, 3.8) is 0 Å². The van der Waals surface area contributed by atoms with E-state index in [2.05, 4.69) is 0 Å². The molecule has 2 aromatic carbocycles. The summed E-state index contributed by atoms with van der Waals surface area (Å²) in [5, 5.41) is 8.91. The van der Waals surface area contributed by atoms with Gasteiger partial charge in [0.25, 0.3) is 0 Å². The van der Waals surface area contributed by atoms with E-state index in [0.717, 1.165) is 5.56 Å². The highest BCUT2D eigenvalue weighted by Gasteiger charge is 2.21. The third-order valence-electron chi connectivity index (χ3n) is 3.27. The lowest BCUT2D eigenvalue weighted by atomic mass is 10.1. The number of nitrogens with zero attached hydrogens (tertiary/aromatic N) is 2. The van der Waals surface area contributed by atoms with Gasteiger partial charge in [-0.3, -0.25) is 0 Å². The molecule has 0 saturated carbocycles. The molecule has 0 N–H and O–H groups in total. The maximum Gasteiger partial charge on any atom is 0.243 e. The molecule has 0 aliphatic heterocycles. The molecule has 0 spiro atoms. The highest BCUT2D eigenvalue weighted by Crippen LogP contribution is 2.19. The largest absolute Gasteiger partial charge is 0.243 e. The third-order valence-corrected chi connectivity index (χ3v) is 5.07. The van der Waals surface area contributed by atoms with Gasteiger partial charge in [0.05, 0.1) is 16.5 Å². The summed E-state index contributed by atoms with van der Waals surface area (Å²) in [5.41, 5.74) is 2.07. The SMILES string of the molecule is Cc1cc(S(=O)(=O)N(C)Cc2ccccc2)ccc1C#N. The fourth-order valence-corrected chi connectivity index (χ4v) is 3.27. The normalized spacial score (nSPS) is 11.3. The van der Waals surface area contributed by atoms with Gasteiger partial charge in [-0.25, -0.2) is 8.42 Å². The molecule has 0 heterocycles. The van der Waals surface area contributed by atoms with Gasteiger partial charge in [-0.1, -0.05) is 30.3 Å². The van der Waals surface area contributed by atoms with Gasteiger partial charge in [0.1, 0.15) is 0 Å². The predicted octanol–water partition coefficient (Wildman–Crippen LogP) is 2.69. The molecule has 21 heavy (non-hydrogen) atoms. The summed E-state index contributed by atoms with van der Waals surface area (Å²) in [6, 6.07) is 16.0. The molecule has 0 fully saturated rings. The topological polar surface area (TPSA) is 61.2 Å². The molecule has 0 aromatic heterocycles. The Balaban J connectivity index is 2.29. The first-order valence-corrected chi connectivity index (χ1v) is 7.90. The van der Waals surface area contributed by atoms with Crippen molar-refractivity contribution in [3.05, 3.63) is 65.2 Å². The highest BCUT2D eigenvalue weighted by molar-refractivity contribution is 7.89. The smallest absolute Gasteiger partial charge is 0.207 e. The van der Waals surface area contributed by atoms with Crippen molar-refractivity contribution in [1.82, 2.24) is 4.31 Å². The van der Waals surface area contributed by atoms with Crippen molar-refractivity contribution in [2.75, 3.05) is 7.05 Å². The highest BCUT2D eigenvalue weighted by atomic mass is 32.2. The Hall–Kier alpha value is -2.16. The van der Waals surface area contributed by atoms with Gasteiger partial charge < -0.3 is 0 Å². The Kier molecular flexibility index (Phi) is 4.41. The lowest BCUT2D eigenvalue weighted by molar-refractivity contribution is 0.466. The molecule has 5 heteroatoms. The molecular formula is C16H16N2O2S. The van der Waals surface area contributed by atoms with Crippen LogP contribution in [0.5, 0.6) is 0 Å². The minimum absolute atomic E-state index is 0.206. The summed E-state index contributed by atoms with van der Waals surface area (Å²) < 4.78 is 26.4. The van der Waals surface area contributed by atoms with Crippen molar-refractivity contribution < 1.29 is 8.42 Å². The lowest BCUT2D eigenvalue weighted by Crippen LogP contribution is -2.26. The molecule has 4 nitrogen and oxygen atoms in total. The van der Waals surface area contributed by atoms with E-state index >= 15 is 0 Å². The number of rotatable bonds is 4. The van der Waals surface area contributed by atoms with Gasteiger partial charge in [0.15, 0.2) is 0 Å². The van der Waals surface area contributed by atoms with E-state index in [1.165, 1.54) is 16.4 Å². The number of aryl methyl sites for hydroxylation is 1. The zero-order valence-electron chi connectivity index (χ0n) is 11.9. The molecule has 108 valence electrons. The summed E-state index contributed by atoms with van der Waals surface area (Å²) in [5.74, 6) is 0. The number of hydrogen-bond acceptors (Lipinski definition) is 3. The quantitative estimate of drug-likeness (QED) is 0.872. The van der Waals surface area contributed by atoms with E-state index in [0.29, 0.717) is 17.7 Å². The van der Waals surface area contributed by atoms with Gasteiger partial charge in [0.2, 0.25) is 10.0 Å². The maximum atomic E-state index is 12.5. The second-order valence-electron chi connectivity index (χ2n) is 4.84. The summed E-state index contributed by atoms with van der Waals surface area (Å²) in [6.07, 6.45) is 0. The van der Waals surface area contributed by atoms with Gasteiger partial charge in [-0.2, -0.15) is 9.57 Å². The van der Waals surface area contributed by atoms with Crippen LogP contribution in [0.25, 0.3) is 0 Å². The van der Waals surface area contributed by atoms with E-state index < -0.39 is 10.0 Å². The minimum Gasteiger partial charge on any atom is -0.207 e. The number of nitriles is 1. The molecule has 0 atom stereocenters. The molecule has 0 amide bonds. The van der Waals surface area contributed by atoms with Crippen molar-refractivity contribution in [1.29, 1.82) is 5.26 Å². The van der Waals surface area contributed by atoms with E-state index in [9.17, 15) is 8.42 Å². The van der Waals surface area contributed by atoms with Crippen LogP contribution in [0, 0.1) is 18.3 Å². The van der Waals surface area contributed by atoms with Crippen LogP contribution in [-0.2, 0) is 16.6 Å². The Morgan fingerprint density at radius 3 is 2.38 bits per heavy atom. The lowest BCUT2D eigenvalue weighted by Gasteiger charge is -2.17. The van der Waals surface area contributed by atoms with Crippen LogP contribution < -0.4 is 0 Å². The summed E-state index contributed by atoms with van der Waals surface area (Å²) in [6.45, 7) is 2.04. The van der Waals surface area contributed by atoms with Crippen molar-refractivity contribution in [2.45, 2.75) is 18.4 Å². The van der Waals surface area contributed by atoms with Gasteiger partial charge >= 0.3 is 0 Å². The van der Waals surface area contributed by atoms with Crippen molar-refractivity contribution >= 4 is 10.0 Å². The standard InChI is InChI=1S/C16H16N2O2S/c1-13-10-16(9-8-15(13)11-17)21(19,20)18(2)12-14-6-4-3-5-7-14/h3-10H,12H2,1-2H3. The van der Waals surface area contributed by atoms with Gasteiger partial charge in [-0.05, 0) is 36.2 Å². The molecule has 0 unspecified atom stereocenters. The van der Waals surface area contributed by atoms with Crippen LogP contribution in [0.2, 0.25) is 0 Å². The fourth-order valence-electron chi connectivity index (χ4n) is 2.03. The zero-order valence-corrected chi connectivity index (χ0v) is 12.8. The van der Waals surface area contributed by atoms with Crippen LogP contribution in [0.4, 0.5) is 0 Å². The molecule has 2 rings (SSSR count). The van der Waals surface area contributed by atoms with Crippen LogP contribution >= 0.6 is 0 Å². The first-order chi connectivity index (χ1) is 9.95. The number of sulfonamides is 1. The summed E-state index contributed by atoms with van der Waals surface area (Å²) in [7, 11) is -2.01. The van der Waals surface area contributed by atoms with Crippen LogP contribution in [0.1, 0.15) is 16.7 Å².